The summed E-state index contributed by atoms with van der Waals surface area (Å²) in [5.41, 5.74) is 3.62. The topological polar surface area (TPSA) is 67.2 Å². The Bertz CT molecular complexity index is 791. The quantitative estimate of drug-likeness (QED) is 0.770. The van der Waals surface area contributed by atoms with Gasteiger partial charge in [-0.2, -0.15) is 0 Å². The van der Waals surface area contributed by atoms with Gasteiger partial charge in [0.15, 0.2) is 0 Å². The fraction of sp³-hybridized carbons (Fsp3) is 0.125. The van der Waals surface area contributed by atoms with E-state index in [0.29, 0.717) is 5.95 Å². The first-order chi connectivity index (χ1) is 10.1. The second kappa shape index (κ2) is 5.28. The van der Waals surface area contributed by atoms with Gasteiger partial charge in [-0.1, -0.05) is 29.8 Å². The molecule has 5 nitrogen and oxygen atoms in total. The molecule has 1 heterocycles. The second-order valence-corrected chi connectivity index (χ2v) is 4.90. The zero-order chi connectivity index (χ0) is 14.8. The number of nitrogens with zero attached hydrogens (tertiary/aromatic N) is 2. The molecule has 0 aliphatic heterocycles. The standard InChI is InChI=1S/C16H15N3O2/c1-11-6-8-12(9-7-11)17-16-18-13-4-2-3-5-14(13)19(16)10-15(20)21/h2-9H,10H2,1H3,(H,17,18)(H,20,21). The summed E-state index contributed by atoms with van der Waals surface area (Å²) in [6.45, 7) is 1.89. The minimum Gasteiger partial charge on any atom is -0.480 e. The van der Waals surface area contributed by atoms with Crippen molar-refractivity contribution in [3.8, 4) is 0 Å². The van der Waals surface area contributed by atoms with Crippen LogP contribution < -0.4 is 5.32 Å². The number of nitrogens with one attached hydrogen (secondary N) is 1. The molecule has 3 aromatic rings. The van der Waals surface area contributed by atoms with Crippen molar-refractivity contribution in [2.24, 2.45) is 0 Å². The smallest absolute Gasteiger partial charge is 0.323 e. The lowest BCUT2D eigenvalue weighted by Crippen LogP contribution is -2.11. The number of fused-ring (bicyclic) bond motifs is 1. The number of aliphatic carboxylic acids is 1. The van der Waals surface area contributed by atoms with Gasteiger partial charge in [-0.3, -0.25) is 9.36 Å². The van der Waals surface area contributed by atoms with Crippen LogP contribution in [0.3, 0.4) is 0 Å². The lowest BCUT2D eigenvalue weighted by atomic mass is 10.2. The summed E-state index contributed by atoms with van der Waals surface area (Å²) in [5, 5.41) is 12.3. The molecular formula is C16H15N3O2. The molecule has 0 fully saturated rings. The van der Waals surface area contributed by atoms with Crippen LogP contribution in [0.4, 0.5) is 11.6 Å². The highest BCUT2D eigenvalue weighted by Gasteiger charge is 2.12. The summed E-state index contributed by atoms with van der Waals surface area (Å²) in [6.07, 6.45) is 0. The first-order valence-corrected chi connectivity index (χ1v) is 6.64. The van der Waals surface area contributed by atoms with Gasteiger partial charge in [0.25, 0.3) is 0 Å². The number of anilines is 2. The Labute approximate surface area is 121 Å². The monoisotopic (exact) mass is 281 g/mol. The van der Waals surface area contributed by atoms with Crippen LogP contribution in [0.1, 0.15) is 5.56 Å². The van der Waals surface area contributed by atoms with E-state index >= 15 is 0 Å². The van der Waals surface area contributed by atoms with E-state index in [0.717, 1.165) is 16.7 Å². The molecule has 0 bridgehead atoms. The van der Waals surface area contributed by atoms with Crippen molar-refractivity contribution >= 4 is 28.6 Å². The number of carboxylic acids is 1. The maximum Gasteiger partial charge on any atom is 0.323 e. The fourth-order valence-electron chi connectivity index (χ4n) is 2.23. The zero-order valence-electron chi connectivity index (χ0n) is 11.6. The third-order valence-corrected chi connectivity index (χ3v) is 3.26. The molecule has 1 aromatic heterocycles. The highest BCUT2D eigenvalue weighted by molar-refractivity contribution is 5.81. The molecule has 2 aromatic carbocycles. The van der Waals surface area contributed by atoms with Gasteiger partial charge in [-0.05, 0) is 31.2 Å². The third kappa shape index (κ3) is 2.72. The number of carboxylic acid groups (broad SMARTS) is 1. The first-order valence-electron chi connectivity index (χ1n) is 6.64. The Balaban J connectivity index is 2.04. The predicted octanol–water partition coefficient (Wildman–Crippen LogP) is 3.17. The van der Waals surface area contributed by atoms with Gasteiger partial charge in [0.1, 0.15) is 6.54 Å². The van der Waals surface area contributed by atoms with Crippen molar-refractivity contribution in [1.82, 2.24) is 9.55 Å². The number of hydrogen-bond donors (Lipinski definition) is 2. The number of aromatic nitrogens is 2. The van der Waals surface area contributed by atoms with Crippen molar-refractivity contribution in [2.75, 3.05) is 5.32 Å². The summed E-state index contributed by atoms with van der Waals surface area (Å²) in [6, 6.07) is 15.4. The number of aryl methyl sites for hydroxylation is 1. The summed E-state index contributed by atoms with van der Waals surface area (Å²) in [5.74, 6) is -0.368. The van der Waals surface area contributed by atoms with Gasteiger partial charge in [-0.15, -0.1) is 0 Å². The highest BCUT2D eigenvalue weighted by atomic mass is 16.4. The number of hydrogen-bond acceptors (Lipinski definition) is 3. The van der Waals surface area contributed by atoms with Crippen LogP contribution in [0.15, 0.2) is 48.5 Å². The van der Waals surface area contributed by atoms with Crippen molar-refractivity contribution < 1.29 is 9.90 Å². The Morgan fingerprint density at radius 1 is 1.19 bits per heavy atom. The fourth-order valence-corrected chi connectivity index (χ4v) is 2.23. The molecule has 0 aliphatic rings. The van der Waals surface area contributed by atoms with Gasteiger partial charge < -0.3 is 10.4 Å². The summed E-state index contributed by atoms with van der Waals surface area (Å²) >= 11 is 0. The molecule has 5 heteroatoms. The van der Waals surface area contributed by atoms with E-state index in [1.807, 2.05) is 55.5 Å². The van der Waals surface area contributed by atoms with Gasteiger partial charge in [0, 0.05) is 5.69 Å². The second-order valence-electron chi connectivity index (χ2n) is 4.90. The number of rotatable bonds is 4. The van der Waals surface area contributed by atoms with Crippen LogP contribution in [0.5, 0.6) is 0 Å². The largest absolute Gasteiger partial charge is 0.480 e. The minimum atomic E-state index is -0.898. The van der Waals surface area contributed by atoms with Crippen LogP contribution in [0.25, 0.3) is 11.0 Å². The van der Waals surface area contributed by atoms with E-state index in [-0.39, 0.29) is 6.54 Å². The summed E-state index contributed by atoms with van der Waals surface area (Å²) in [4.78, 5) is 15.6. The molecule has 3 rings (SSSR count). The first kappa shape index (κ1) is 13.2. The number of para-hydroxylation sites is 2. The Morgan fingerprint density at radius 2 is 1.90 bits per heavy atom. The van der Waals surface area contributed by atoms with E-state index < -0.39 is 5.97 Å². The Kier molecular flexibility index (Phi) is 3.31. The number of carbonyl (C=O) groups is 1. The zero-order valence-corrected chi connectivity index (χ0v) is 11.6. The molecule has 0 amide bonds. The molecule has 0 saturated heterocycles. The normalized spacial score (nSPS) is 10.7. The molecule has 0 aliphatic carbocycles. The molecule has 0 radical (unpaired) electrons. The maximum absolute atomic E-state index is 11.1. The lowest BCUT2D eigenvalue weighted by molar-refractivity contribution is -0.137. The average molecular weight is 281 g/mol. The molecule has 106 valence electrons. The molecular weight excluding hydrogens is 266 g/mol. The highest BCUT2D eigenvalue weighted by Crippen LogP contribution is 2.22. The summed E-state index contributed by atoms with van der Waals surface area (Å²) in [7, 11) is 0. The molecule has 21 heavy (non-hydrogen) atoms. The van der Waals surface area contributed by atoms with Crippen LogP contribution in [-0.4, -0.2) is 20.6 Å². The maximum atomic E-state index is 11.1. The number of imidazole rings is 1. The molecule has 2 N–H and O–H groups in total. The van der Waals surface area contributed by atoms with Crippen molar-refractivity contribution in [1.29, 1.82) is 0 Å². The predicted molar refractivity (Wildman–Crippen MR) is 81.8 cm³/mol. The van der Waals surface area contributed by atoms with E-state index in [4.69, 9.17) is 5.11 Å². The van der Waals surface area contributed by atoms with Crippen LogP contribution in [0.2, 0.25) is 0 Å². The van der Waals surface area contributed by atoms with E-state index in [9.17, 15) is 4.79 Å². The molecule has 0 spiro atoms. The van der Waals surface area contributed by atoms with Gasteiger partial charge >= 0.3 is 5.97 Å². The average Bonchev–Trinajstić information content (AvgIpc) is 2.79. The van der Waals surface area contributed by atoms with Crippen LogP contribution in [0, 0.1) is 6.92 Å². The van der Waals surface area contributed by atoms with Crippen LogP contribution in [-0.2, 0) is 11.3 Å². The van der Waals surface area contributed by atoms with E-state index in [2.05, 4.69) is 10.3 Å². The van der Waals surface area contributed by atoms with Crippen molar-refractivity contribution in [2.45, 2.75) is 13.5 Å². The third-order valence-electron chi connectivity index (χ3n) is 3.26. The Morgan fingerprint density at radius 3 is 2.62 bits per heavy atom. The SMILES string of the molecule is Cc1ccc(Nc2nc3ccccc3n2CC(=O)O)cc1. The molecule has 0 saturated carbocycles. The Hall–Kier alpha value is -2.82. The summed E-state index contributed by atoms with van der Waals surface area (Å²) < 4.78 is 1.66. The van der Waals surface area contributed by atoms with Crippen LogP contribution >= 0.6 is 0 Å². The van der Waals surface area contributed by atoms with E-state index in [1.165, 1.54) is 5.56 Å². The van der Waals surface area contributed by atoms with Gasteiger partial charge in [0.05, 0.1) is 11.0 Å². The lowest BCUT2D eigenvalue weighted by Gasteiger charge is -2.09. The van der Waals surface area contributed by atoms with Crippen molar-refractivity contribution in [3.05, 3.63) is 54.1 Å². The van der Waals surface area contributed by atoms with E-state index in [1.54, 1.807) is 4.57 Å². The minimum absolute atomic E-state index is 0.130. The molecule has 0 atom stereocenters. The van der Waals surface area contributed by atoms with Gasteiger partial charge in [-0.25, -0.2) is 4.98 Å². The van der Waals surface area contributed by atoms with Gasteiger partial charge in [0.2, 0.25) is 5.95 Å². The molecule has 0 unspecified atom stereocenters. The number of benzene rings is 2. The van der Waals surface area contributed by atoms with Crippen molar-refractivity contribution in [3.63, 3.8) is 0 Å².